The van der Waals surface area contributed by atoms with Crippen LogP contribution in [-0.2, 0) is 6.42 Å². The SMILES string of the molecule is C#CCCNc1ccc(CCC)cc1. The minimum absolute atomic E-state index is 0.775. The third-order valence-electron chi connectivity index (χ3n) is 2.09. The Kier molecular flexibility index (Phi) is 4.64. The van der Waals surface area contributed by atoms with E-state index in [9.17, 15) is 0 Å². The lowest BCUT2D eigenvalue weighted by molar-refractivity contribution is 0.922. The molecule has 0 bridgehead atoms. The van der Waals surface area contributed by atoms with E-state index in [1.165, 1.54) is 12.0 Å². The summed E-state index contributed by atoms with van der Waals surface area (Å²) in [4.78, 5) is 0. The molecule has 0 fully saturated rings. The van der Waals surface area contributed by atoms with Gasteiger partial charge in [0.1, 0.15) is 0 Å². The van der Waals surface area contributed by atoms with E-state index < -0.39 is 0 Å². The van der Waals surface area contributed by atoms with E-state index in [0.29, 0.717) is 0 Å². The molecule has 0 heterocycles. The van der Waals surface area contributed by atoms with E-state index in [-0.39, 0.29) is 0 Å². The summed E-state index contributed by atoms with van der Waals surface area (Å²) in [7, 11) is 0. The standard InChI is InChI=1S/C13H17N/c1-3-5-11-14-13-9-7-12(6-4-2)8-10-13/h1,7-10,14H,4-6,11H2,2H3. The number of rotatable bonds is 5. The van der Waals surface area contributed by atoms with Crippen LogP contribution >= 0.6 is 0 Å². The number of hydrogen-bond acceptors (Lipinski definition) is 1. The van der Waals surface area contributed by atoms with Crippen LogP contribution in [0.15, 0.2) is 24.3 Å². The van der Waals surface area contributed by atoms with Crippen LogP contribution in [0.5, 0.6) is 0 Å². The van der Waals surface area contributed by atoms with Crippen LogP contribution in [0.1, 0.15) is 25.3 Å². The Bertz CT molecular complexity index is 292. The number of benzene rings is 1. The average molecular weight is 187 g/mol. The van der Waals surface area contributed by atoms with E-state index in [1.807, 2.05) is 0 Å². The molecule has 0 radical (unpaired) electrons. The first-order chi connectivity index (χ1) is 6.86. The lowest BCUT2D eigenvalue weighted by Gasteiger charge is -2.05. The Morgan fingerprint density at radius 3 is 2.57 bits per heavy atom. The van der Waals surface area contributed by atoms with Crippen molar-refractivity contribution in [1.29, 1.82) is 0 Å². The predicted molar refractivity (Wildman–Crippen MR) is 62.4 cm³/mol. The topological polar surface area (TPSA) is 12.0 Å². The van der Waals surface area contributed by atoms with Gasteiger partial charge >= 0.3 is 0 Å². The molecule has 1 heteroatoms. The first-order valence-electron chi connectivity index (χ1n) is 5.13. The van der Waals surface area contributed by atoms with Gasteiger partial charge in [0.15, 0.2) is 0 Å². The molecule has 1 rings (SSSR count). The van der Waals surface area contributed by atoms with E-state index in [4.69, 9.17) is 6.42 Å². The van der Waals surface area contributed by atoms with Gasteiger partial charge in [0.2, 0.25) is 0 Å². The molecular formula is C13H17N. The predicted octanol–water partition coefficient (Wildman–Crippen LogP) is 3.07. The monoisotopic (exact) mass is 187 g/mol. The molecule has 1 N–H and O–H groups in total. The summed E-state index contributed by atoms with van der Waals surface area (Å²) in [5.74, 6) is 2.61. The van der Waals surface area contributed by atoms with Gasteiger partial charge in [0.05, 0.1) is 0 Å². The van der Waals surface area contributed by atoms with Gasteiger partial charge in [-0.15, -0.1) is 12.3 Å². The summed E-state index contributed by atoms with van der Waals surface area (Å²) in [5.41, 5.74) is 2.55. The van der Waals surface area contributed by atoms with Gasteiger partial charge in [0, 0.05) is 18.7 Å². The van der Waals surface area contributed by atoms with Crippen molar-refractivity contribution in [3.05, 3.63) is 29.8 Å². The van der Waals surface area contributed by atoms with Crippen molar-refractivity contribution in [2.75, 3.05) is 11.9 Å². The Morgan fingerprint density at radius 2 is 2.00 bits per heavy atom. The maximum atomic E-state index is 5.17. The molecule has 0 saturated carbocycles. The highest BCUT2D eigenvalue weighted by atomic mass is 14.9. The molecular weight excluding hydrogens is 170 g/mol. The van der Waals surface area contributed by atoms with Crippen LogP contribution in [0.3, 0.4) is 0 Å². The van der Waals surface area contributed by atoms with E-state index in [1.54, 1.807) is 0 Å². The second kappa shape index (κ2) is 6.10. The molecule has 0 aromatic heterocycles. The van der Waals surface area contributed by atoms with Crippen molar-refractivity contribution in [3.8, 4) is 12.3 Å². The van der Waals surface area contributed by atoms with Crippen LogP contribution in [0.4, 0.5) is 5.69 Å². The molecule has 74 valence electrons. The molecule has 0 aliphatic carbocycles. The quantitative estimate of drug-likeness (QED) is 0.552. The summed E-state index contributed by atoms with van der Waals surface area (Å²) >= 11 is 0. The number of hydrogen-bond donors (Lipinski definition) is 1. The van der Waals surface area contributed by atoms with Gasteiger partial charge in [-0.25, -0.2) is 0 Å². The molecule has 0 saturated heterocycles. The molecule has 1 aromatic rings. The van der Waals surface area contributed by atoms with Crippen molar-refractivity contribution in [3.63, 3.8) is 0 Å². The Balaban J connectivity index is 2.43. The molecule has 0 amide bonds. The fourth-order valence-corrected chi connectivity index (χ4v) is 1.36. The number of aryl methyl sites for hydroxylation is 1. The lowest BCUT2D eigenvalue weighted by atomic mass is 10.1. The normalized spacial score (nSPS) is 9.43. The van der Waals surface area contributed by atoms with Crippen LogP contribution in [-0.4, -0.2) is 6.54 Å². The highest BCUT2D eigenvalue weighted by Gasteiger charge is 1.92. The third kappa shape index (κ3) is 3.53. The first-order valence-corrected chi connectivity index (χ1v) is 5.13. The summed E-state index contributed by atoms with van der Waals surface area (Å²) in [5, 5.41) is 3.27. The smallest absolute Gasteiger partial charge is 0.0340 e. The van der Waals surface area contributed by atoms with Gasteiger partial charge in [-0.05, 0) is 24.1 Å². The largest absolute Gasteiger partial charge is 0.384 e. The Hall–Kier alpha value is -1.42. The van der Waals surface area contributed by atoms with Gasteiger partial charge in [-0.2, -0.15) is 0 Å². The molecule has 0 spiro atoms. The number of anilines is 1. The minimum atomic E-state index is 0.775. The van der Waals surface area contributed by atoms with Crippen LogP contribution in [0, 0.1) is 12.3 Å². The first kappa shape index (κ1) is 10.7. The van der Waals surface area contributed by atoms with E-state index >= 15 is 0 Å². The zero-order valence-corrected chi connectivity index (χ0v) is 8.72. The van der Waals surface area contributed by atoms with Crippen LogP contribution in [0.25, 0.3) is 0 Å². The molecule has 1 nitrogen and oxygen atoms in total. The number of terminal acetylenes is 1. The van der Waals surface area contributed by atoms with Crippen molar-refractivity contribution in [1.82, 2.24) is 0 Å². The second-order valence-electron chi connectivity index (χ2n) is 3.33. The van der Waals surface area contributed by atoms with Crippen molar-refractivity contribution in [2.45, 2.75) is 26.2 Å². The maximum absolute atomic E-state index is 5.17. The zero-order valence-electron chi connectivity index (χ0n) is 8.72. The molecule has 0 aliphatic heterocycles. The van der Waals surface area contributed by atoms with E-state index in [2.05, 4.69) is 42.4 Å². The second-order valence-corrected chi connectivity index (χ2v) is 3.33. The van der Waals surface area contributed by atoms with Gasteiger partial charge in [0.25, 0.3) is 0 Å². The van der Waals surface area contributed by atoms with E-state index in [0.717, 1.165) is 25.1 Å². The molecule has 0 aliphatic rings. The molecule has 1 aromatic carbocycles. The highest BCUT2D eigenvalue weighted by molar-refractivity contribution is 5.44. The van der Waals surface area contributed by atoms with Gasteiger partial charge in [-0.3, -0.25) is 0 Å². The molecule has 0 unspecified atom stereocenters. The maximum Gasteiger partial charge on any atom is 0.0340 e. The average Bonchev–Trinajstić information content (AvgIpc) is 2.21. The lowest BCUT2D eigenvalue weighted by Crippen LogP contribution is -1.99. The highest BCUT2D eigenvalue weighted by Crippen LogP contribution is 2.10. The van der Waals surface area contributed by atoms with Crippen LogP contribution < -0.4 is 5.32 Å². The zero-order chi connectivity index (χ0) is 10.2. The summed E-state index contributed by atoms with van der Waals surface area (Å²) in [6, 6.07) is 8.56. The third-order valence-corrected chi connectivity index (χ3v) is 2.09. The fraction of sp³-hybridized carbons (Fsp3) is 0.385. The Labute approximate surface area is 86.5 Å². The molecule has 14 heavy (non-hydrogen) atoms. The van der Waals surface area contributed by atoms with Crippen molar-refractivity contribution >= 4 is 5.69 Å². The summed E-state index contributed by atoms with van der Waals surface area (Å²) in [6.45, 7) is 3.04. The van der Waals surface area contributed by atoms with Crippen LogP contribution in [0.2, 0.25) is 0 Å². The fourth-order valence-electron chi connectivity index (χ4n) is 1.36. The Morgan fingerprint density at radius 1 is 1.29 bits per heavy atom. The summed E-state index contributed by atoms with van der Waals surface area (Å²) in [6.07, 6.45) is 8.30. The minimum Gasteiger partial charge on any atom is -0.384 e. The summed E-state index contributed by atoms with van der Waals surface area (Å²) < 4.78 is 0. The van der Waals surface area contributed by atoms with Crippen molar-refractivity contribution in [2.24, 2.45) is 0 Å². The molecule has 0 atom stereocenters. The number of nitrogens with one attached hydrogen (secondary N) is 1. The van der Waals surface area contributed by atoms with Gasteiger partial charge in [-0.1, -0.05) is 25.5 Å². The van der Waals surface area contributed by atoms with Crippen molar-refractivity contribution < 1.29 is 0 Å². The van der Waals surface area contributed by atoms with Gasteiger partial charge < -0.3 is 5.32 Å².